The van der Waals surface area contributed by atoms with Crippen LogP contribution in [0.5, 0.6) is 6.01 Å². The maximum Gasteiger partial charge on any atom is 0.410 e. The second kappa shape index (κ2) is 12.3. The number of likely N-dealkylation sites (tertiary alicyclic amines) is 1. The predicted molar refractivity (Wildman–Crippen MR) is 178 cm³/mol. The standard InChI is InChI=1S/C35H39ClF2N6O3/c1-34(2,3)47-33(45)43-15-11-23(12-16-43)40-31-25-18-39-29(24-9-4-7-21-8-5-10-26(36)27(21)24)28(38)30(25)41-32(42-31)46-20-35-13-6-14-44(35)19-22(37)17-35/h4-5,7-10,18,22-23H,6,11-17,19-20H2,1-3H3,(H,40,41,42)/t22-,35+/m1/s1. The van der Waals surface area contributed by atoms with E-state index >= 15 is 4.39 Å². The molecule has 7 rings (SSSR count). The highest BCUT2D eigenvalue weighted by molar-refractivity contribution is 6.36. The molecule has 248 valence electrons. The lowest BCUT2D eigenvalue weighted by Gasteiger charge is -2.34. The van der Waals surface area contributed by atoms with Crippen LogP contribution in [0.25, 0.3) is 32.9 Å². The van der Waals surface area contributed by atoms with Crippen molar-refractivity contribution in [3.63, 3.8) is 0 Å². The normalized spacial score (nSPS) is 22.2. The lowest BCUT2D eigenvalue weighted by atomic mass is 9.95. The van der Waals surface area contributed by atoms with Crippen LogP contribution in [0.15, 0.2) is 42.6 Å². The fourth-order valence-corrected chi connectivity index (χ4v) is 7.55. The topological polar surface area (TPSA) is 92.7 Å². The molecule has 12 heteroatoms. The number of rotatable bonds is 6. The van der Waals surface area contributed by atoms with Crippen LogP contribution in [0.4, 0.5) is 19.4 Å². The Morgan fingerprint density at radius 1 is 1.13 bits per heavy atom. The van der Waals surface area contributed by atoms with E-state index < -0.39 is 23.1 Å². The van der Waals surface area contributed by atoms with Gasteiger partial charge in [-0.1, -0.05) is 41.9 Å². The zero-order chi connectivity index (χ0) is 32.9. The van der Waals surface area contributed by atoms with Gasteiger partial charge in [-0.3, -0.25) is 9.88 Å². The Kier molecular flexibility index (Phi) is 8.32. The van der Waals surface area contributed by atoms with Crippen molar-refractivity contribution in [2.24, 2.45) is 0 Å². The molecule has 2 aromatic heterocycles. The summed E-state index contributed by atoms with van der Waals surface area (Å²) in [6.45, 7) is 7.98. The molecule has 0 unspecified atom stereocenters. The van der Waals surface area contributed by atoms with E-state index in [2.05, 4.69) is 20.2 Å². The van der Waals surface area contributed by atoms with Gasteiger partial charge in [0, 0.05) is 54.3 Å². The minimum absolute atomic E-state index is 0.0155. The molecule has 2 atom stereocenters. The van der Waals surface area contributed by atoms with E-state index in [1.165, 1.54) is 0 Å². The van der Waals surface area contributed by atoms with Gasteiger partial charge in [-0.15, -0.1) is 0 Å². The van der Waals surface area contributed by atoms with Gasteiger partial charge in [-0.2, -0.15) is 9.97 Å². The van der Waals surface area contributed by atoms with Crippen molar-refractivity contribution in [3.8, 4) is 17.3 Å². The summed E-state index contributed by atoms with van der Waals surface area (Å²) < 4.78 is 42.9. The highest BCUT2D eigenvalue weighted by Gasteiger charge is 2.49. The second-order valence-corrected chi connectivity index (χ2v) is 14.3. The first kappa shape index (κ1) is 31.8. The summed E-state index contributed by atoms with van der Waals surface area (Å²) in [5, 5.41) is 5.94. The molecule has 3 fully saturated rings. The average molecular weight is 665 g/mol. The molecule has 5 heterocycles. The minimum atomic E-state index is -0.904. The lowest BCUT2D eigenvalue weighted by molar-refractivity contribution is 0.0210. The number of amides is 1. The third-order valence-electron chi connectivity index (χ3n) is 9.49. The molecule has 1 amide bonds. The van der Waals surface area contributed by atoms with Crippen LogP contribution in [0.1, 0.15) is 52.9 Å². The molecule has 0 aliphatic carbocycles. The number of anilines is 1. The maximum absolute atomic E-state index is 16.6. The summed E-state index contributed by atoms with van der Waals surface area (Å²) in [7, 11) is 0. The van der Waals surface area contributed by atoms with Gasteiger partial charge >= 0.3 is 12.1 Å². The first-order valence-electron chi connectivity index (χ1n) is 16.3. The van der Waals surface area contributed by atoms with Gasteiger partial charge in [-0.05, 0) is 64.5 Å². The van der Waals surface area contributed by atoms with Crippen LogP contribution in [0.2, 0.25) is 5.02 Å². The van der Waals surface area contributed by atoms with Crippen LogP contribution in [-0.2, 0) is 4.74 Å². The zero-order valence-electron chi connectivity index (χ0n) is 26.9. The van der Waals surface area contributed by atoms with Gasteiger partial charge in [-0.25, -0.2) is 13.6 Å². The van der Waals surface area contributed by atoms with E-state index in [4.69, 9.17) is 26.1 Å². The Morgan fingerprint density at radius 2 is 1.89 bits per heavy atom. The Bertz CT molecular complexity index is 1820. The first-order valence-corrected chi connectivity index (χ1v) is 16.7. The predicted octanol–water partition coefficient (Wildman–Crippen LogP) is 7.40. The van der Waals surface area contributed by atoms with E-state index in [1.54, 1.807) is 23.2 Å². The van der Waals surface area contributed by atoms with Crippen LogP contribution in [-0.4, -0.2) is 87.0 Å². The molecule has 0 saturated carbocycles. The van der Waals surface area contributed by atoms with E-state index in [9.17, 15) is 9.18 Å². The summed E-state index contributed by atoms with van der Waals surface area (Å²) in [5.41, 5.74) is -0.254. The van der Waals surface area contributed by atoms with E-state index in [-0.39, 0.29) is 36.0 Å². The third-order valence-corrected chi connectivity index (χ3v) is 9.81. The Hall–Kier alpha value is -3.83. The Balaban J connectivity index is 1.22. The van der Waals surface area contributed by atoms with Gasteiger partial charge in [0.15, 0.2) is 5.82 Å². The van der Waals surface area contributed by atoms with Crippen molar-refractivity contribution in [3.05, 3.63) is 53.4 Å². The molecule has 3 saturated heterocycles. The number of pyridine rings is 1. The smallest absolute Gasteiger partial charge is 0.410 e. The van der Waals surface area contributed by atoms with E-state index in [1.807, 2.05) is 45.0 Å². The molecule has 1 N–H and O–H groups in total. The molecule has 9 nitrogen and oxygen atoms in total. The third kappa shape index (κ3) is 6.27. The summed E-state index contributed by atoms with van der Waals surface area (Å²) >= 11 is 6.59. The maximum atomic E-state index is 16.6. The van der Waals surface area contributed by atoms with Crippen molar-refractivity contribution < 1.29 is 23.0 Å². The highest BCUT2D eigenvalue weighted by Crippen LogP contribution is 2.41. The number of alkyl halides is 1. The molecule has 0 bridgehead atoms. The SMILES string of the molecule is CC(C)(C)OC(=O)N1CCC(Nc2nc(OC[C@@]34CCCN3C[C@H](F)C4)nc3c(F)c(-c4cccc5cccc(Cl)c45)ncc23)CC1. The summed E-state index contributed by atoms with van der Waals surface area (Å²) in [6.07, 6.45) is 3.80. The molecule has 0 spiro atoms. The van der Waals surface area contributed by atoms with Gasteiger partial charge in [0.25, 0.3) is 0 Å². The summed E-state index contributed by atoms with van der Waals surface area (Å²) in [6, 6.07) is 11.1. The van der Waals surface area contributed by atoms with Gasteiger partial charge in [0.05, 0.1) is 10.9 Å². The number of carbonyl (C=O) groups excluding carboxylic acids is 1. The fraction of sp³-hybridized carbons (Fsp3) is 0.486. The Labute approximate surface area is 277 Å². The first-order chi connectivity index (χ1) is 22.5. The number of nitrogens with zero attached hydrogens (tertiary/aromatic N) is 5. The number of hydrogen-bond acceptors (Lipinski definition) is 8. The summed E-state index contributed by atoms with van der Waals surface area (Å²) in [4.78, 5) is 30.3. The second-order valence-electron chi connectivity index (χ2n) is 13.9. The number of hydrogen-bond donors (Lipinski definition) is 1. The monoisotopic (exact) mass is 664 g/mol. The zero-order valence-corrected chi connectivity index (χ0v) is 27.6. The lowest BCUT2D eigenvalue weighted by Crippen LogP contribution is -2.44. The van der Waals surface area contributed by atoms with Gasteiger partial charge in [0.1, 0.15) is 35.4 Å². The Morgan fingerprint density at radius 3 is 2.66 bits per heavy atom. The minimum Gasteiger partial charge on any atom is -0.461 e. The molecule has 3 aliphatic rings. The van der Waals surface area contributed by atoms with Crippen molar-refractivity contribution in [1.29, 1.82) is 0 Å². The van der Waals surface area contributed by atoms with Gasteiger partial charge in [0.2, 0.25) is 0 Å². The van der Waals surface area contributed by atoms with Crippen molar-refractivity contribution >= 4 is 45.2 Å². The van der Waals surface area contributed by atoms with Crippen LogP contribution in [0, 0.1) is 5.82 Å². The van der Waals surface area contributed by atoms with Crippen LogP contribution < -0.4 is 10.1 Å². The number of benzene rings is 2. The number of piperidine rings is 1. The van der Waals surface area contributed by atoms with E-state index in [0.717, 1.165) is 24.8 Å². The molecule has 0 radical (unpaired) electrons. The average Bonchev–Trinajstić information content (AvgIpc) is 3.55. The molecule has 4 aromatic rings. The molecule has 3 aliphatic heterocycles. The number of ether oxygens (including phenoxy) is 2. The largest absolute Gasteiger partial charge is 0.461 e. The van der Waals surface area contributed by atoms with Crippen LogP contribution >= 0.6 is 11.6 Å². The summed E-state index contributed by atoms with van der Waals surface area (Å²) in [5.74, 6) is -0.222. The fourth-order valence-electron chi connectivity index (χ4n) is 7.27. The number of fused-ring (bicyclic) bond motifs is 3. The highest BCUT2D eigenvalue weighted by atomic mass is 35.5. The van der Waals surface area contributed by atoms with Crippen LogP contribution in [0.3, 0.4) is 0 Å². The van der Waals surface area contributed by atoms with Crippen molar-refractivity contribution in [2.45, 2.75) is 76.2 Å². The molecule has 2 aromatic carbocycles. The van der Waals surface area contributed by atoms with Crippen molar-refractivity contribution in [1.82, 2.24) is 24.8 Å². The van der Waals surface area contributed by atoms with Crippen molar-refractivity contribution in [2.75, 3.05) is 38.1 Å². The number of halogens is 3. The number of carbonyl (C=O) groups is 1. The molecular weight excluding hydrogens is 626 g/mol. The number of aromatic nitrogens is 3. The molecule has 47 heavy (non-hydrogen) atoms. The molecular formula is C35H39ClF2N6O3. The quantitative estimate of drug-likeness (QED) is 0.228. The van der Waals surface area contributed by atoms with E-state index in [0.29, 0.717) is 66.1 Å². The van der Waals surface area contributed by atoms with Gasteiger partial charge < -0.3 is 19.7 Å². The number of nitrogens with one attached hydrogen (secondary N) is 1.